The maximum absolute atomic E-state index is 14.0. The lowest BCUT2D eigenvalue weighted by Gasteiger charge is -2.36. The summed E-state index contributed by atoms with van der Waals surface area (Å²) in [7, 11) is 0. The van der Waals surface area contributed by atoms with Crippen molar-refractivity contribution in [2.45, 2.75) is 31.5 Å². The predicted molar refractivity (Wildman–Crippen MR) is 133 cm³/mol. The quantitative estimate of drug-likeness (QED) is 0.139. The van der Waals surface area contributed by atoms with Gasteiger partial charge in [0.25, 0.3) is 5.91 Å². The summed E-state index contributed by atoms with van der Waals surface area (Å²) < 4.78 is 80.5. The fourth-order valence-electron chi connectivity index (χ4n) is 4.02. The molecular formula is C27H24F5NO5S. The number of halogens is 5. The fraction of sp³-hybridized carbons (Fsp3) is 0.296. The van der Waals surface area contributed by atoms with Crippen molar-refractivity contribution in [2.24, 2.45) is 0 Å². The molecule has 12 heteroatoms. The van der Waals surface area contributed by atoms with E-state index in [4.69, 9.17) is 14.6 Å². The number of rotatable bonds is 9. The van der Waals surface area contributed by atoms with Gasteiger partial charge in [-0.05, 0) is 23.3 Å². The third-order valence-electron chi connectivity index (χ3n) is 6.03. The SMILES string of the molecule is O=C(Nc1ccc(C2OC(CSCCO)CC(c3ccc(CO)cc3)O2)cc1)c1c(F)c(F)c(F)c(F)c1F. The first-order chi connectivity index (χ1) is 18.7. The molecule has 0 saturated carbocycles. The molecule has 0 bridgehead atoms. The first kappa shape index (κ1) is 29.0. The minimum atomic E-state index is -2.35. The monoisotopic (exact) mass is 569 g/mol. The summed E-state index contributed by atoms with van der Waals surface area (Å²) in [4.78, 5) is 12.3. The minimum absolute atomic E-state index is 0.0293. The third-order valence-corrected chi connectivity index (χ3v) is 7.11. The van der Waals surface area contributed by atoms with Crippen LogP contribution in [-0.2, 0) is 16.1 Å². The molecule has 1 amide bonds. The summed E-state index contributed by atoms with van der Waals surface area (Å²) >= 11 is 1.52. The number of aliphatic hydroxyl groups excluding tert-OH is 2. The Morgan fingerprint density at radius 3 is 2.03 bits per heavy atom. The Bertz CT molecular complexity index is 1280. The van der Waals surface area contributed by atoms with E-state index in [1.807, 2.05) is 12.1 Å². The number of carbonyl (C=O) groups is 1. The average molecular weight is 570 g/mol. The maximum atomic E-state index is 14.0. The fourth-order valence-corrected chi connectivity index (χ4v) is 4.80. The number of thioether (sulfide) groups is 1. The number of ether oxygens (including phenoxy) is 2. The molecule has 3 unspecified atom stereocenters. The number of hydrogen-bond donors (Lipinski definition) is 3. The molecule has 1 aliphatic rings. The van der Waals surface area contributed by atoms with Crippen LogP contribution in [0.4, 0.5) is 27.6 Å². The van der Waals surface area contributed by atoms with E-state index in [-0.39, 0.29) is 31.1 Å². The van der Waals surface area contributed by atoms with Crippen LogP contribution in [0.3, 0.4) is 0 Å². The van der Waals surface area contributed by atoms with Crippen molar-refractivity contribution in [2.75, 3.05) is 23.4 Å². The van der Waals surface area contributed by atoms with Crippen LogP contribution in [0, 0.1) is 29.1 Å². The first-order valence-electron chi connectivity index (χ1n) is 11.9. The van der Waals surface area contributed by atoms with Crippen LogP contribution in [0.15, 0.2) is 48.5 Å². The van der Waals surface area contributed by atoms with E-state index < -0.39 is 46.8 Å². The van der Waals surface area contributed by atoms with Gasteiger partial charge in [0.05, 0.1) is 25.4 Å². The first-order valence-corrected chi connectivity index (χ1v) is 13.0. The Labute approximate surface area is 224 Å². The highest BCUT2D eigenvalue weighted by molar-refractivity contribution is 7.99. The van der Waals surface area contributed by atoms with Crippen LogP contribution >= 0.6 is 11.8 Å². The summed E-state index contributed by atoms with van der Waals surface area (Å²) in [6.07, 6.45) is -0.842. The Morgan fingerprint density at radius 1 is 0.846 bits per heavy atom. The number of aliphatic hydroxyl groups is 2. The molecule has 4 rings (SSSR count). The highest BCUT2D eigenvalue weighted by Crippen LogP contribution is 2.39. The molecule has 1 heterocycles. The Morgan fingerprint density at radius 2 is 1.44 bits per heavy atom. The van der Waals surface area contributed by atoms with Crippen LogP contribution in [0.25, 0.3) is 0 Å². The number of anilines is 1. The largest absolute Gasteiger partial charge is 0.396 e. The molecule has 0 aromatic heterocycles. The zero-order chi connectivity index (χ0) is 28.1. The van der Waals surface area contributed by atoms with Gasteiger partial charge in [0.15, 0.2) is 29.6 Å². The highest BCUT2D eigenvalue weighted by Gasteiger charge is 2.33. The second-order valence-electron chi connectivity index (χ2n) is 8.67. The Balaban J connectivity index is 1.51. The van der Waals surface area contributed by atoms with Gasteiger partial charge in [0, 0.05) is 29.2 Å². The topological polar surface area (TPSA) is 88.0 Å². The van der Waals surface area contributed by atoms with E-state index in [9.17, 15) is 31.9 Å². The highest BCUT2D eigenvalue weighted by atomic mass is 32.2. The van der Waals surface area contributed by atoms with Crippen molar-refractivity contribution in [3.05, 3.63) is 99.9 Å². The molecule has 3 aromatic carbocycles. The molecule has 3 aromatic rings. The lowest BCUT2D eigenvalue weighted by Crippen LogP contribution is -2.31. The third kappa shape index (κ3) is 6.59. The zero-order valence-electron chi connectivity index (χ0n) is 20.3. The van der Waals surface area contributed by atoms with Gasteiger partial charge in [-0.1, -0.05) is 36.4 Å². The van der Waals surface area contributed by atoms with Gasteiger partial charge >= 0.3 is 0 Å². The van der Waals surface area contributed by atoms with Crippen LogP contribution in [-0.4, -0.2) is 40.3 Å². The predicted octanol–water partition coefficient (Wildman–Crippen LogP) is 5.40. The molecule has 0 aliphatic carbocycles. The lowest BCUT2D eigenvalue weighted by molar-refractivity contribution is -0.245. The molecule has 3 N–H and O–H groups in total. The summed E-state index contributed by atoms with van der Waals surface area (Å²) in [5.74, 6) is -11.6. The second-order valence-corrected chi connectivity index (χ2v) is 9.82. The van der Waals surface area contributed by atoms with Gasteiger partial charge < -0.3 is 25.0 Å². The number of carbonyl (C=O) groups excluding carboxylic acids is 1. The smallest absolute Gasteiger partial charge is 0.261 e. The van der Waals surface area contributed by atoms with Crippen molar-refractivity contribution in [1.29, 1.82) is 0 Å². The number of hydrogen-bond acceptors (Lipinski definition) is 6. The van der Waals surface area contributed by atoms with Crippen molar-refractivity contribution in [3.63, 3.8) is 0 Å². The second kappa shape index (κ2) is 12.9. The summed E-state index contributed by atoms with van der Waals surface area (Å²) in [6.45, 7) is -0.0628. The van der Waals surface area contributed by atoms with Gasteiger partial charge in [-0.25, -0.2) is 22.0 Å². The van der Waals surface area contributed by atoms with E-state index >= 15 is 0 Å². The van der Waals surface area contributed by atoms with E-state index in [0.29, 0.717) is 23.5 Å². The lowest BCUT2D eigenvalue weighted by atomic mass is 10.0. The normalized spacial score (nSPS) is 19.2. The molecule has 208 valence electrons. The molecule has 1 fully saturated rings. The molecule has 3 atom stereocenters. The standard InChI is InChI=1S/C27H24F5NO5S/c28-21-20(22(29)24(31)25(32)23(21)30)26(36)33-17-7-5-16(6-8-17)27-37-18(13-39-10-9-34)11-19(38-27)15-3-1-14(12-35)2-4-15/h1-8,18-19,27,34-35H,9-13H2,(H,33,36). The van der Waals surface area contributed by atoms with Gasteiger partial charge in [-0.2, -0.15) is 11.8 Å². The van der Waals surface area contributed by atoms with Gasteiger partial charge in [-0.3, -0.25) is 4.79 Å². The van der Waals surface area contributed by atoms with E-state index in [0.717, 1.165) is 11.1 Å². The van der Waals surface area contributed by atoms with Gasteiger partial charge in [0.1, 0.15) is 5.56 Å². The Hall–Kier alpha value is -3.03. The van der Waals surface area contributed by atoms with Crippen molar-refractivity contribution in [3.8, 4) is 0 Å². The van der Waals surface area contributed by atoms with E-state index in [2.05, 4.69) is 5.32 Å². The molecular weight excluding hydrogens is 545 g/mol. The zero-order valence-corrected chi connectivity index (χ0v) is 21.1. The van der Waals surface area contributed by atoms with Crippen molar-refractivity contribution < 1.29 is 46.4 Å². The summed E-state index contributed by atoms with van der Waals surface area (Å²) in [6, 6.07) is 13.1. The minimum Gasteiger partial charge on any atom is -0.396 e. The summed E-state index contributed by atoms with van der Waals surface area (Å²) in [5, 5.41) is 20.5. The van der Waals surface area contributed by atoms with Gasteiger partial charge in [-0.15, -0.1) is 0 Å². The van der Waals surface area contributed by atoms with E-state index in [1.165, 1.54) is 36.0 Å². The molecule has 1 saturated heterocycles. The van der Waals surface area contributed by atoms with E-state index in [1.54, 1.807) is 12.1 Å². The van der Waals surface area contributed by atoms with Gasteiger partial charge in [0.2, 0.25) is 5.82 Å². The van der Waals surface area contributed by atoms with Crippen molar-refractivity contribution >= 4 is 23.4 Å². The molecule has 0 radical (unpaired) electrons. The summed E-state index contributed by atoms with van der Waals surface area (Å²) in [5.41, 5.74) is 0.630. The number of nitrogens with one attached hydrogen (secondary N) is 1. The molecule has 1 aliphatic heterocycles. The number of amides is 1. The molecule has 6 nitrogen and oxygen atoms in total. The van der Waals surface area contributed by atoms with Crippen LogP contribution < -0.4 is 5.32 Å². The van der Waals surface area contributed by atoms with Crippen molar-refractivity contribution in [1.82, 2.24) is 0 Å². The number of benzene rings is 3. The average Bonchev–Trinajstić information content (AvgIpc) is 2.95. The van der Waals surface area contributed by atoms with Crippen LogP contribution in [0.5, 0.6) is 0 Å². The molecule has 0 spiro atoms. The molecule has 39 heavy (non-hydrogen) atoms. The Kier molecular flexibility index (Phi) is 9.57. The van der Waals surface area contributed by atoms with Crippen LogP contribution in [0.1, 0.15) is 45.9 Å². The maximum Gasteiger partial charge on any atom is 0.261 e. The van der Waals surface area contributed by atoms with Crippen LogP contribution in [0.2, 0.25) is 0 Å².